The van der Waals surface area contributed by atoms with Gasteiger partial charge in [-0.25, -0.2) is 12.4 Å². The smallest absolute Gasteiger partial charge is 0.268 e. The van der Waals surface area contributed by atoms with E-state index in [9.17, 15) is 18.0 Å². The Labute approximate surface area is 266 Å². The van der Waals surface area contributed by atoms with E-state index >= 15 is 0 Å². The third-order valence-electron chi connectivity index (χ3n) is 8.00. The largest absolute Gasteiger partial charge is 0.495 e. The normalized spacial score (nSPS) is 16.4. The van der Waals surface area contributed by atoms with Gasteiger partial charge in [0.05, 0.1) is 41.8 Å². The van der Waals surface area contributed by atoms with Crippen LogP contribution >= 0.6 is 11.6 Å². The molecule has 9 nitrogen and oxygen atoms in total. The molecule has 0 bridgehead atoms. The van der Waals surface area contributed by atoms with Crippen molar-refractivity contribution in [3.8, 4) is 5.75 Å². The molecule has 230 valence electrons. The van der Waals surface area contributed by atoms with Crippen molar-refractivity contribution in [2.45, 2.75) is 16.9 Å². The molecule has 2 atom stereocenters. The van der Waals surface area contributed by atoms with Crippen LogP contribution in [0.15, 0.2) is 108 Å². The number of ether oxygens (including phenoxy) is 2. The van der Waals surface area contributed by atoms with Gasteiger partial charge in [0, 0.05) is 41.4 Å². The first-order valence-corrected chi connectivity index (χ1v) is 16.0. The van der Waals surface area contributed by atoms with Gasteiger partial charge in [-0.2, -0.15) is 0 Å². The highest BCUT2D eigenvalue weighted by molar-refractivity contribution is 7.90. The topological polar surface area (TPSA) is 107 Å². The monoisotopic (exact) mass is 643 g/mol. The van der Waals surface area contributed by atoms with Crippen molar-refractivity contribution in [2.24, 2.45) is 0 Å². The minimum Gasteiger partial charge on any atom is -0.495 e. The standard InChI is InChI=1S/C34H30ClN3O6S/c1-43-19-18-37-32(27-21-38(29-15-9-8-12-24(27)29)45(41,42)23-10-4-3-5-11-23)31(25-13-6-7-14-26(25)34(37)40)33(39)36-28-20-22(35)16-17-30(28)44-2/h3-17,20-21,31-32H,18-19H2,1-2H3,(H,36,39)/t31-,32+/m1/s1. The minimum absolute atomic E-state index is 0.112. The maximum atomic E-state index is 14.5. The van der Waals surface area contributed by atoms with Crippen molar-refractivity contribution >= 4 is 50.0 Å². The van der Waals surface area contributed by atoms with E-state index in [2.05, 4.69) is 5.32 Å². The number of nitrogens with zero attached hydrogens (tertiary/aromatic N) is 2. The number of anilines is 1. The molecule has 6 rings (SSSR count). The first-order valence-electron chi connectivity index (χ1n) is 14.2. The molecule has 0 saturated carbocycles. The Morgan fingerprint density at radius 3 is 2.38 bits per heavy atom. The van der Waals surface area contributed by atoms with Crippen LogP contribution in [0.1, 0.15) is 33.4 Å². The van der Waals surface area contributed by atoms with Crippen LogP contribution in [0.2, 0.25) is 5.02 Å². The number of amides is 2. The zero-order valence-electron chi connectivity index (χ0n) is 24.5. The van der Waals surface area contributed by atoms with Gasteiger partial charge in [-0.15, -0.1) is 0 Å². The lowest BCUT2D eigenvalue weighted by atomic mass is 9.79. The lowest BCUT2D eigenvalue weighted by molar-refractivity contribution is -0.119. The second-order valence-corrected chi connectivity index (χ2v) is 12.8. The van der Waals surface area contributed by atoms with E-state index in [1.807, 2.05) is 0 Å². The fraction of sp³-hybridized carbons (Fsp3) is 0.176. The fourth-order valence-electron chi connectivity index (χ4n) is 5.96. The average Bonchev–Trinajstić information content (AvgIpc) is 3.45. The molecule has 1 N–H and O–H groups in total. The summed E-state index contributed by atoms with van der Waals surface area (Å²) in [6, 6.07) is 26.2. The van der Waals surface area contributed by atoms with Crippen LogP contribution in [0.25, 0.3) is 10.9 Å². The molecule has 0 saturated heterocycles. The summed E-state index contributed by atoms with van der Waals surface area (Å²) in [6.45, 7) is 0.353. The van der Waals surface area contributed by atoms with Crippen molar-refractivity contribution in [3.63, 3.8) is 0 Å². The highest BCUT2D eigenvalue weighted by Gasteiger charge is 2.45. The number of methoxy groups -OCH3 is 2. The van der Waals surface area contributed by atoms with E-state index in [0.29, 0.717) is 44.1 Å². The number of halogens is 1. The Morgan fingerprint density at radius 1 is 0.911 bits per heavy atom. The third-order valence-corrected chi connectivity index (χ3v) is 9.93. The van der Waals surface area contributed by atoms with Crippen molar-refractivity contribution < 1.29 is 27.5 Å². The zero-order valence-corrected chi connectivity index (χ0v) is 26.1. The number of benzene rings is 4. The summed E-state index contributed by atoms with van der Waals surface area (Å²) in [7, 11) is -1.01. The summed E-state index contributed by atoms with van der Waals surface area (Å²) < 4.78 is 40.0. The molecule has 2 amide bonds. The maximum absolute atomic E-state index is 14.5. The Bertz CT molecular complexity index is 2010. The summed E-state index contributed by atoms with van der Waals surface area (Å²) in [5, 5.41) is 3.97. The molecular weight excluding hydrogens is 614 g/mol. The number of hydrogen-bond acceptors (Lipinski definition) is 6. The predicted octanol–water partition coefficient (Wildman–Crippen LogP) is 6.11. The summed E-state index contributed by atoms with van der Waals surface area (Å²) >= 11 is 6.28. The number of para-hydroxylation sites is 1. The molecular formula is C34H30ClN3O6S. The van der Waals surface area contributed by atoms with Crippen molar-refractivity contribution in [1.82, 2.24) is 8.87 Å². The number of carbonyl (C=O) groups is 2. The van der Waals surface area contributed by atoms with Crippen LogP contribution in [0.3, 0.4) is 0 Å². The van der Waals surface area contributed by atoms with Gasteiger partial charge in [-0.05, 0) is 48.0 Å². The number of hydrogen-bond donors (Lipinski definition) is 1. The van der Waals surface area contributed by atoms with Gasteiger partial charge in [0.15, 0.2) is 0 Å². The van der Waals surface area contributed by atoms with Crippen LogP contribution in [-0.2, 0) is 19.6 Å². The number of rotatable bonds is 9. The summed E-state index contributed by atoms with van der Waals surface area (Å²) in [4.78, 5) is 30.3. The predicted molar refractivity (Wildman–Crippen MR) is 172 cm³/mol. The molecule has 11 heteroatoms. The number of fused-ring (bicyclic) bond motifs is 2. The van der Waals surface area contributed by atoms with Crippen molar-refractivity contribution in [3.05, 3.63) is 125 Å². The highest BCUT2D eigenvalue weighted by Crippen LogP contribution is 2.46. The SMILES string of the molecule is COCCN1C(=O)c2ccccc2[C@@H](C(=O)Nc2cc(Cl)ccc2OC)[C@@H]1c1cn(S(=O)(=O)c2ccccc2)c2ccccc12. The first kappa shape index (κ1) is 30.4. The van der Waals surface area contributed by atoms with Crippen LogP contribution in [0, 0.1) is 0 Å². The first-order chi connectivity index (χ1) is 21.8. The Balaban J connectivity index is 1.58. The van der Waals surface area contributed by atoms with Crippen LogP contribution < -0.4 is 10.1 Å². The molecule has 4 aromatic carbocycles. The maximum Gasteiger partial charge on any atom is 0.268 e. The second-order valence-electron chi connectivity index (χ2n) is 10.6. The lowest BCUT2D eigenvalue weighted by Crippen LogP contribution is -2.47. The number of carbonyl (C=O) groups excluding carboxylic acids is 2. The van der Waals surface area contributed by atoms with Crippen molar-refractivity contribution in [2.75, 3.05) is 32.7 Å². The van der Waals surface area contributed by atoms with E-state index in [4.69, 9.17) is 21.1 Å². The van der Waals surface area contributed by atoms with E-state index < -0.39 is 27.9 Å². The molecule has 5 aromatic rings. The van der Waals surface area contributed by atoms with Crippen LogP contribution in [0.5, 0.6) is 5.75 Å². The molecule has 0 spiro atoms. The molecule has 0 radical (unpaired) electrons. The van der Waals surface area contributed by atoms with Gasteiger partial charge in [0.25, 0.3) is 15.9 Å². The molecule has 2 heterocycles. The van der Waals surface area contributed by atoms with Crippen molar-refractivity contribution in [1.29, 1.82) is 0 Å². The summed E-state index contributed by atoms with van der Waals surface area (Å²) in [6.07, 6.45) is 1.53. The van der Waals surface area contributed by atoms with Gasteiger partial charge in [-0.3, -0.25) is 9.59 Å². The van der Waals surface area contributed by atoms with E-state index in [1.54, 1.807) is 89.8 Å². The molecule has 0 fully saturated rings. The summed E-state index contributed by atoms with van der Waals surface area (Å²) in [5.41, 5.74) is 2.18. The lowest BCUT2D eigenvalue weighted by Gasteiger charge is -2.41. The van der Waals surface area contributed by atoms with Gasteiger partial charge < -0.3 is 19.7 Å². The molecule has 1 aliphatic heterocycles. The van der Waals surface area contributed by atoms with E-state index in [-0.39, 0.29) is 24.0 Å². The van der Waals surface area contributed by atoms with Gasteiger partial charge in [0.2, 0.25) is 5.91 Å². The second kappa shape index (κ2) is 12.4. The molecule has 1 aromatic heterocycles. The highest BCUT2D eigenvalue weighted by atomic mass is 35.5. The number of nitrogens with one attached hydrogen (secondary N) is 1. The third kappa shape index (κ3) is 5.45. The molecule has 0 aliphatic carbocycles. The van der Waals surface area contributed by atoms with E-state index in [1.165, 1.54) is 36.5 Å². The summed E-state index contributed by atoms with van der Waals surface area (Å²) in [5.74, 6) is -1.25. The van der Waals surface area contributed by atoms with Gasteiger partial charge in [-0.1, -0.05) is 66.2 Å². The number of aromatic nitrogens is 1. The fourth-order valence-corrected chi connectivity index (χ4v) is 7.53. The Morgan fingerprint density at radius 2 is 1.62 bits per heavy atom. The van der Waals surface area contributed by atoms with Crippen LogP contribution in [0.4, 0.5) is 5.69 Å². The zero-order chi connectivity index (χ0) is 31.7. The molecule has 1 aliphatic rings. The molecule has 45 heavy (non-hydrogen) atoms. The molecule has 0 unspecified atom stereocenters. The van der Waals surface area contributed by atoms with E-state index in [0.717, 1.165) is 0 Å². The average molecular weight is 644 g/mol. The quantitative estimate of drug-likeness (QED) is 0.208. The van der Waals surface area contributed by atoms with Gasteiger partial charge in [0.1, 0.15) is 5.75 Å². The minimum atomic E-state index is -4.04. The Hall–Kier alpha value is -4.64. The Kier molecular flexibility index (Phi) is 8.37. The van der Waals surface area contributed by atoms with Gasteiger partial charge >= 0.3 is 0 Å². The van der Waals surface area contributed by atoms with Crippen LogP contribution in [-0.4, -0.2) is 56.5 Å².